The van der Waals surface area contributed by atoms with Crippen LogP contribution in [0.25, 0.3) is 0 Å². The van der Waals surface area contributed by atoms with Gasteiger partial charge in [-0.05, 0) is 41.2 Å². The van der Waals surface area contributed by atoms with E-state index in [4.69, 9.17) is 9.47 Å². The van der Waals surface area contributed by atoms with E-state index in [9.17, 15) is 4.79 Å². The summed E-state index contributed by atoms with van der Waals surface area (Å²) >= 11 is 0. The van der Waals surface area contributed by atoms with Crippen molar-refractivity contribution in [2.45, 2.75) is 38.3 Å². The van der Waals surface area contributed by atoms with Crippen LogP contribution in [0.2, 0.25) is 0 Å². The summed E-state index contributed by atoms with van der Waals surface area (Å²) in [4.78, 5) is 17.1. The molecule has 2 unspecified atom stereocenters. The van der Waals surface area contributed by atoms with E-state index in [1.807, 2.05) is 30.3 Å². The molecule has 0 N–H and O–H groups in total. The van der Waals surface area contributed by atoms with Gasteiger partial charge in [0.2, 0.25) is 0 Å². The van der Waals surface area contributed by atoms with Gasteiger partial charge in [-0.1, -0.05) is 66.7 Å². The molecule has 1 fully saturated rings. The largest absolute Gasteiger partial charge is 0.415 e. The monoisotopic (exact) mass is 426 g/mol. The van der Waals surface area contributed by atoms with E-state index in [1.54, 1.807) is 4.90 Å². The van der Waals surface area contributed by atoms with E-state index in [1.165, 1.54) is 22.3 Å². The Labute approximate surface area is 188 Å². The van der Waals surface area contributed by atoms with Crippen LogP contribution in [0.5, 0.6) is 5.75 Å². The Bertz CT molecular complexity index is 1160. The zero-order valence-electron chi connectivity index (χ0n) is 17.9. The molecule has 5 nitrogen and oxygen atoms in total. The van der Waals surface area contributed by atoms with Crippen LogP contribution < -0.4 is 4.74 Å². The van der Waals surface area contributed by atoms with Gasteiger partial charge < -0.3 is 14.4 Å². The summed E-state index contributed by atoms with van der Waals surface area (Å²) in [6, 6.07) is 24.7. The van der Waals surface area contributed by atoms with Gasteiger partial charge >= 0.3 is 6.09 Å². The summed E-state index contributed by atoms with van der Waals surface area (Å²) in [6.07, 6.45) is 1.57. The first-order valence-electron chi connectivity index (χ1n) is 11.3. The van der Waals surface area contributed by atoms with Gasteiger partial charge in [0.25, 0.3) is 0 Å². The molecule has 3 heterocycles. The maximum Gasteiger partial charge on any atom is 0.415 e. The molecule has 5 heteroatoms. The van der Waals surface area contributed by atoms with Gasteiger partial charge in [0.15, 0.2) is 0 Å². The van der Waals surface area contributed by atoms with Crippen LogP contribution in [0.3, 0.4) is 0 Å². The van der Waals surface area contributed by atoms with Gasteiger partial charge in [0.05, 0.1) is 0 Å². The van der Waals surface area contributed by atoms with Gasteiger partial charge in [-0.15, -0.1) is 0 Å². The molecule has 3 aliphatic heterocycles. The molecule has 3 aromatic carbocycles. The Balaban J connectivity index is 1.14. The second kappa shape index (κ2) is 8.08. The zero-order valence-corrected chi connectivity index (χ0v) is 17.9. The molecule has 0 aromatic heterocycles. The number of carbonyl (C=O) groups is 1. The van der Waals surface area contributed by atoms with Crippen molar-refractivity contribution >= 4 is 6.09 Å². The highest BCUT2D eigenvalue weighted by Crippen LogP contribution is 2.46. The first-order chi connectivity index (χ1) is 15.8. The Morgan fingerprint density at radius 3 is 2.19 bits per heavy atom. The number of hydrogen-bond donors (Lipinski definition) is 0. The maximum absolute atomic E-state index is 12.9. The van der Waals surface area contributed by atoms with Crippen LogP contribution in [0.15, 0.2) is 72.8 Å². The van der Waals surface area contributed by atoms with E-state index in [-0.39, 0.29) is 18.4 Å². The molecule has 162 valence electrons. The van der Waals surface area contributed by atoms with Crippen molar-refractivity contribution in [2.24, 2.45) is 0 Å². The summed E-state index contributed by atoms with van der Waals surface area (Å²) in [5.74, 6) is 0.598. The Morgan fingerprint density at radius 2 is 1.41 bits per heavy atom. The van der Waals surface area contributed by atoms with E-state index >= 15 is 0 Å². The fourth-order valence-corrected chi connectivity index (χ4v) is 4.96. The number of fused-ring (bicyclic) bond motifs is 2. The number of hydrogen-bond acceptors (Lipinski definition) is 4. The summed E-state index contributed by atoms with van der Waals surface area (Å²) in [5.41, 5.74) is 6.26. The molecule has 0 aliphatic carbocycles. The van der Waals surface area contributed by atoms with Crippen molar-refractivity contribution < 1.29 is 14.3 Å². The van der Waals surface area contributed by atoms with Gasteiger partial charge in [-0.3, -0.25) is 4.90 Å². The lowest BCUT2D eigenvalue weighted by molar-refractivity contribution is 0.146. The van der Waals surface area contributed by atoms with Gasteiger partial charge in [0, 0.05) is 31.7 Å². The minimum Gasteiger partial charge on any atom is -0.410 e. The normalized spacial score (nSPS) is 22.1. The molecule has 1 saturated heterocycles. The minimum atomic E-state index is -0.295. The number of carbonyl (C=O) groups excluding carboxylic acids is 1. The highest BCUT2D eigenvalue weighted by Gasteiger charge is 2.47. The third kappa shape index (κ3) is 3.68. The van der Waals surface area contributed by atoms with Crippen LogP contribution in [-0.4, -0.2) is 35.2 Å². The minimum absolute atomic E-state index is 0.0325. The first kappa shape index (κ1) is 19.5. The Hall–Kier alpha value is -3.15. The second-order valence-corrected chi connectivity index (χ2v) is 8.78. The van der Waals surface area contributed by atoms with Gasteiger partial charge in [-0.25, -0.2) is 4.79 Å². The van der Waals surface area contributed by atoms with Crippen molar-refractivity contribution in [3.05, 3.63) is 101 Å². The van der Waals surface area contributed by atoms with E-state index in [0.717, 1.165) is 31.5 Å². The molecular formula is C27H26N2O3. The smallest absolute Gasteiger partial charge is 0.410 e. The number of para-hydroxylation sites is 1. The average molecular weight is 427 g/mol. The van der Waals surface area contributed by atoms with Gasteiger partial charge in [-0.2, -0.15) is 0 Å². The maximum atomic E-state index is 12.9. The molecule has 0 spiro atoms. The summed E-state index contributed by atoms with van der Waals surface area (Å²) in [7, 11) is 0. The van der Waals surface area contributed by atoms with Crippen LogP contribution >= 0.6 is 0 Å². The zero-order chi connectivity index (χ0) is 21.5. The predicted octanol–water partition coefficient (Wildman–Crippen LogP) is 4.70. The van der Waals surface area contributed by atoms with Crippen molar-refractivity contribution in [3.63, 3.8) is 0 Å². The lowest BCUT2D eigenvalue weighted by Gasteiger charge is -2.28. The first-order valence-corrected chi connectivity index (χ1v) is 11.3. The van der Waals surface area contributed by atoms with Crippen LogP contribution in [0.4, 0.5) is 4.79 Å². The molecule has 0 saturated carbocycles. The lowest BCUT2D eigenvalue weighted by atomic mass is 9.99. The van der Waals surface area contributed by atoms with E-state index in [0.29, 0.717) is 18.8 Å². The number of benzene rings is 3. The SMILES string of the molecule is O=C(Oc1ccccc1C1OC1N1CCc2ccccc2C1)N1CCc2ccccc2C1. The molecule has 0 bridgehead atoms. The number of amides is 1. The molecule has 32 heavy (non-hydrogen) atoms. The van der Waals surface area contributed by atoms with Crippen molar-refractivity contribution in [2.75, 3.05) is 13.1 Å². The molecule has 0 radical (unpaired) electrons. The fourth-order valence-electron chi connectivity index (χ4n) is 4.96. The molecule has 1 amide bonds. The summed E-state index contributed by atoms with van der Waals surface area (Å²) in [5, 5.41) is 0. The average Bonchev–Trinajstić information content (AvgIpc) is 3.64. The summed E-state index contributed by atoms with van der Waals surface area (Å²) < 4.78 is 12.0. The molecule has 3 aromatic rings. The standard InChI is InChI=1S/C27H26N2O3/c30-27(29-16-14-20-8-2-4-10-22(20)18-29)31-24-12-6-5-11-23(24)25-26(32-25)28-15-13-19-7-1-3-9-21(19)17-28/h1-12,25-26H,13-18H2. The summed E-state index contributed by atoms with van der Waals surface area (Å²) in [6.45, 7) is 3.14. The van der Waals surface area contributed by atoms with Crippen LogP contribution in [-0.2, 0) is 30.7 Å². The van der Waals surface area contributed by atoms with Crippen LogP contribution in [0.1, 0.15) is 33.9 Å². The molecule has 6 rings (SSSR count). The number of epoxide rings is 1. The fraction of sp³-hybridized carbons (Fsp3) is 0.296. The molecular weight excluding hydrogens is 400 g/mol. The van der Waals surface area contributed by atoms with Crippen molar-refractivity contribution in [1.82, 2.24) is 9.80 Å². The molecule has 2 atom stereocenters. The highest BCUT2D eigenvalue weighted by molar-refractivity contribution is 5.71. The third-order valence-corrected chi connectivity index (χ3v) is 6.80. The second-order valence-electron chi connectivity index (χ2n) is 8.78. The Morgan fingerprint density at radius 1 is 0.781 bits per heavy atom. The number of rotatable bonds is 3. The topological polar surface area (TPSA) is 45.3 Å². The highest BCUT2D eigenvalue weighted by atomic mass is 16.6. The van der Waals surface area contributed by atoms with Crippen molar-refractivity contribution in [1.29, 1.82) is 0 Å². The Kier molecular flexibility index (Phi) is 4.93. The number of nitrogens with zero attached hydrogens (tertiary/aromatic N) is 2. The van der Waals surface area contributed by atoms with E-state index < -0.39 is 0 Å². The molecule has 3 aliphatic rings. The third-order valence-electron chi connectivity index (χ3n) is 6.80. The lowest BCUT2D eigenvalue weighted by Crippen LogP contribution is -2.38. The quantitative estimate of drug-likeness (QED) is 0.570. The van der Waals surface area contributed by atoms with Crippen molar-refractivity contribution in [3.8, 4) is 5.75 Å². The predicted molar refractivity (Wildman–Crippen MR) is 121 cm³/mol. The van der Waals surface area contributed by atoms with Crippen LogP contribution in [0, 0.1) is 0 Å². The van der Waals surface area contributed by atoms with E-state index in [2.05, 4.69) is 47.4 Å². The number of ether oxygens (including phenoxy) is 2. The van der Waals surface area contributed by atoms with Gasteiger partial charge in [0.1, 0.15) is 18.1 Å².